The Kier molecular flexibility index (Phi) is 4.00. The van der Waals surface area contributed by atoms with E-state index >= 15 is 0 Å². The summed E-state index contributed by atoms with van der Waals surface area (Å²) in [6.45, 7) is 8.07. The third-order valence-electron chi connectivity index (χ3n) is 3.30. The number of methoxy groups -OCH3 is 2. The van der Waals surface area contributed by atoms with Gasteiger partial charge in [-0.25, -0.2) is 0 Å². The summed E-state index contributed by atoms with van der Waals surface area (Å²) in [4.78, 5) is 0. The summed E-state index contributed by atoms with van der Waals surface area (Å²) in [6.07, 6.45) is -0.474. The first-order chi connectivity index (χ1) is 7.23. The first-order valence-corrected chi connectivity index (χ1v) is 5.67. The van der Waals surface area contributed by atoms with Gasteiger partial charge in [0.25, 0.3) is 0 Å². The maximum atomic E-state index is 10.2. The molecule has 0 aromatic carbocycles. The van der Waals surface area contributed by atoms with Crippen molar-refractivity contribution in [2.24, 2.45) is 5.92 Å². The summed E-state index contributed by atoms with van der Waals surface area (Å²) in [6, 6.07) is 0. The van der Waals surface area contributed by atoms with Crippen LogP contribution in [0.5, 0.6) is 0 Å². The topological polar surface area (TPSA) is 47.9 Å². The molecular weight excluding hydrogens is 208 g/mol. The van der Waals surface area contributed by atoms with Gasteiger partial charge in [0, 0.05) is 20.1 Å². The maximum Gasteiger partial charge on any atom is 0.183 e. The summed E-state index contributed by atoms with van der Waals surface area (Å²) in [5.41, 5.74) is -0.570. The lowest BCUT2D eigenvalue weighted by Gasteiger charge is -2.32. The molecule has 1 saturated heterocycles. The lowest BCUT2D eigenvalue weighted by molar-refractivity contribution is -0.192. The van der Waals surface area contributed by atoms with Gasteiger partial charge < -0.3 is 19.3 Å². The number of aliphatic hydroxyl groups is 1. The molecule has 1 rings (SSSR count). The molecule has 1 N–H and O–H groups in total. The minimum absolute atomic E-state index is 0.00685. The normalized spacial score (nSPS) is 29.6. The Morgan fingerprint density at radius 2 is 1.69 bits per heavy atom. The lowest BCUT2D eigenvalue weighted by Crippen LogP contribution is -2.44. The van der Waals surface area contributed by atoms with Gasteiger partial charge in [0.1, 0.15) is 6.10 Å². The first-order valence-electron chi connectivity index (χ1n) is 5.67. The predicted octanol–water partition coefficient (Wildman–Crippen LogP) is 1.56. The maximum absolute atomic E-state index is 10.2. The van der Waals surface area contributed by atoms with Crippen LogP contribution in [-0.2, 0) is 14.2 Å². The van der Waals surface area contributed by atoms with Gasteiger partial charge in [-0.15, -0.1) is 0 Å². The summed E-state index contributed by atoms with van der Waals surface area (Å²) in [5.74, 6) is 0.00685. The number of rotatable bonds is 4. The Morgan fingerprint density at radius 1 is 1.19 bits per heavy atom. The molecule has 0 bridgehead atoms. The molecule has 2 unspecified atom stereocenters. The van der Waals surface area contributed by atoms with E-state index in [1.807, 2.05) is 27.7 Å². The summed E-state index contributed by atoms with van der Waals surface area (Å²) in [7, 11) is 3.07. The van der Waals surface area contributed by atoms with Gasteiger partial charge in [-0.05, 0) is 34.1 Å². The molecule has 1 heterocycles. The molecule has 4 heteroatoms. The van der Waals surface area contributed by atoms with Crippen LogP contribution in [0.4, 0.5) is 0 Å². The third-order valence-corrected chi connectivity index (χ3v) is 3.30. The van der Waals surface area contributed by atoms with Crippen LogP contribution in [0.15, 0.2) is 0 Å². The van der Waals surface area contributed by atoms with E-state index in [2.05, 4.69) is 0 Å². The highest BCUT2D eigenvalue weighted by Gasteiger charge is 2.50. The van der Waals surface area contributed by atoms with Crippen molar-refractivity contribution in [2.75, 3.05) is 14.2 Å². The average molecular weight is 232 g/mol. The second-order valence-corrected chi connectivity index (χ2v) is 5.61. The van der Waals surface area contributed by atoms with E-state index in [4.69, 9.17) is 14.2 Å². The van der Waals surface area contributed by atoms with Crippen molar-refractivity contribution in [3.8, 4) is 0 Å². The van der Waals surface area contributed by atoms with E-state index in [-0.39, 0.29) is 17.1 Å². The van der Waals surface area contributed by atoms with Gasteiger partial charge in [0.2, 0.25) is 0 Å². The van der Waals surface area contributed by atoms with Crippen molar-refractivity contribution in [1.82, 2.24) is 0 Å². The van der Waals surface area contributed by atoms with Crippen LogP contribution in [0, 0.1) is 5.92 Å². The molecule has 0 spiro atoms. The SMILES string of the molecule is COC(OC)C(O)C1CC(C)(C)OC1(C)C. The lowest BCUT2D eigenvalue weighted by atomic mass is 9.83. The van der Waals surface area contributed by atoms with Crippen LogP contribution in [0.3, 0.4) is 0 Å². The second kappa shape index (κ2) is 4.61. The minimum atomic E-state index is -0.674. The zero-order valence-corrected chi connectivity index (χ0v) is 11.1. The van der Waals surface area contributed by atoms with Crippen molar-refractivity contribution in [3.05, 3.63) is 0 Å². The predicted molar refractivity (Wildman–Crippen MR) is 61.2 cm³/mol. The standard InChI is InChI=1S/C12H24O4/c1-11(2)7-8(12(3,4)16-11)9(13)10(14-5)15-6/h8-10,13H,7H2,1-6H3. The van der Waals surface area contributed by atoms with Crippen LogP contribution in [0.1, 0.15) is 34.1 Å². The number of aliphatic hydroxyl groups excluding tert-OH is 1. The van der Waals surface area contributed by atoms with Gasteiger partial charge in [0.15, 0.2) is 6.29 Å². The summed E-state index contributed by atoms with van der Waals surface area (Å²) < 4.78 is 16.2. The molecule has 0 aliphatic carbocycles. The molecule has 1 aliphatic heterocycles. The average Bonchev–Trinajstić information content (AvgIpc) is 2.36. The van der Waals surface area contributed by atoms with Gasteiger partial charge >= 0.3 is 0 Å². The third kappa shape index (κ3) is 2.74. The monoisotopic (exact) mass is 232 g/mol. The highest BCUT2D eigenvalue weighted by molar-refractivity contribution is 4.98. The van der Waals surface area contributed by atoms with Crippen LogP contribution >= 0.6 is 0 Å². The first kappa shape index (κ1) is 13.9. The molecule has 1 aliphatic rings. The molecule has 1 fully saturated rings. The minimum Gasteiger partial charge on any atom is -0.387 e. The number of hydrogen-bond acceptors (Lipinski definition) is 4. The Balaban J connectivity index is 2.80. The Labute approximate surface area is 97.9 Å². The van der Waals surface area contributed by atoms with Gasteiger partial charge in [0.05, 0.1) is 11.2 Å². The molecule has 0 aromatic heterocycles. The largest absolute Gasteiger partial charge is 0.387 e. The number of hydrogen-bond donors (Lipinski definition) is 1. The van der Waals surface area contributed by atoms with Crippen LogP contribution in [-0.4, -0.2) is 42.9 Å². The van der Waals surface area contributed by atoms with Crippen molar-refractivity contribution in [1.29, 1.82) is 0 Å². The zero-order chi connectivity index (χ0) is 12.6. The van der Waals surface area contributed by atoms with Crippen LogP contribution in [0.25, 0.3) is 0 Å². The summed E-state index contributed by atoms with van der Waals surface area (Å²) in [5, 5.41) is 10.2. The van der Waals surface area contributed by atoms with Gasteiger partial charge in [-0.3, -0.25) is 0 Å². The van der Waals surface area contributed by atoms with Gasteiger partial charge in [-0.1, -0.05) is 0 Å². The van der Waals surface area contributed by atoms with Crippen molar-refractivity contribution >= 4 is 0 Å². The molecule has 2 atom stereocenters. The second-order valence-electron chi connectivity index (χ2n) is 5.61. The zero-order valence-electron chi connectivity index (χ0n) is 11.1. The Hall–Kier alpha value is -0.160. The van der Waals surface area contributed by atoms with E-state index in [9.17, 15) is 5.11 Å². The molecule has 0 amide bonds. The molecular formula is C12H24O4. The van der Waals surface area contributed by atoms with Crippen LogP contribution in [0.2, 0.25) is 0 Å². The molecule has 0 aromatic rings. The molecule has 96 valence electrons. The van der Waals surface area contributed by atoms with E-state index in [0.29, 0.717) is 0 Å². The fourth-order valence-corrected chi connectivity index (χ4v) is 2.70. The molecule has 16 heavy (non-hydrogen) atoms. The highest BCUT2D eigenvalue weighted by atomic mass is 16.7. The summed E-state index contributed by atoms with van der Waals surface area (Å²) >= 11 is 0. The smallest absolute Gasteiger partial charge is 0.183 e. The van der Waals surface area contributed by atoms with E-state index in [1.54, 1.807) is 0 Å². The quantitative estimate of drug-likeness (QED) is 0.747. The van der Waals surface area contributed by atoms with E-state index in [0.717, 1.165) is 6.42 Å². The highest BCUT2D eigenvalue weighted by Crippen LogP contribution is 2.44. The van der Waals surface area contributed by atoms with E-state index in [1.165, 1.54) is 14.2 Å². The van der Waals surface area contributed by atoms with E-state index < -0.39 is 12.4 Å². The molecule has 0 radical (unpaired) electrons. The molecule has 0 saturated carbocycles. The van der Waals surface area contributed by atoms with Gasteiger partial charge in [-0.2, -0.15) is 0 Å². The van der Waals surface area contributed by atoms with Crippen molar-refractivity contribution < 1.29 is 19.3 Å². The van der Waals surface area contributed by atoms with Crippen molar-refractivity contribution in [2.45, 2.75) is 57.7 Å². The molecule has 4 nitrogen and oxygen atoms in total. The Bertz CT molecular complexity index is 233. The fraction of sp³-hybridized carbons (Fsp3) is 1.00. The fourth-order valence-electron chi connectivity index (χ4n) is 2.70. The Morgan fingerprint density at radius 3 is 2.00 bits per heavy atom. The number of ether oxygens (including phenoxy) is 3. The van der Waals surface area contributed by atoms with Crippen molar-refractivity contribution in [3.63, 3.8) is 0 Å². The van der Waals surface area contributed by atoms with Crippen LogP contribution < -0.4 is 0 Å².